The lowest BCUT2D eigenvalue weighted by molar-refractivity contribution is 0.666. The highest BCUT2D eigenvalue weighted by atomic mass is 15.1. The Morgan fingerprint density at radius 3 is 1.34 bits per heavy atom. The Labute approximate surface area is 378 Å². The Balaban J connectivity index is 1.02. The van der Waals surface area contributed by atoms with E-state index in [0.29, 0.717) is 0 Å². The van der Waals surface area contributed by atoms with Crippen LogP contribution in [-0.2, 0) is 5.41 Å². The summed E-state index contributed by atoms with van der Waals surface area (Å²) >= 11 is 0. The molecule has 0 aromatic heterocycles. The highest BCUT2D eigenvalue weighted by Gasteiger charge is 2.39. The quantitative estimate of drug-likeness (QED) is 0.154. The Morgan fingerprint density at radius 1 is 0.292 bits per heavy atom. The summed E-state index contributed by atoms with van der Waals surface area (Å²) in [5.41, 5.74) is 11.9. The average Bonchev–Trinajstić information content (AvgIpc) is 3.60. The van der Waals surface area contributed by atoms with Gasteiger partial charge in [0.1, 0.15) is 0 Å². The normalized spacial score (nSPS) is 12.9. The Morgan fingerprint density at radius 2 is 0.738 bits per heavy atom. The number of benzene rings is 12. The lowest BCUT2D eigenvalue weighted by atomic mass is 9.79. The van der Waals surface area contributed by atoms with Gasteiger partial charge in [0.05, 0.1) is 11.4 Å². The molecule has 0 heterocycles. The molecule has 0 fully saturated rings. The Hall–Kier alpha value is -8.20. The van der Waals surface area contributed by atoms with E-state index >= 15 is 0 Å². The van der Waals surface area contributed by atoms with Gasteiger partial charge in [-0.3, -0.25) is 0 Å². The first-order chi connectivity index (χ1) is 32.0. The number of anilines is 6. The average molecular weight is 829 g/mol. The Kier molecular flexibility index (Phi) is 8.29. The van der Waals surface area contributed by atoms with Crippen LogP contribution in [0.1, 0.15) is 25.0 Å². The van der Waals surface area contributed by atoms with E-state index in [4.69, 9.17) is 0 Å². The van der Waals surface area contributed by atoms with Crippen molar-refractivity contribution in [3.05, 3.63) is 242 Å². The van der Waals surface area contributed by atoms with Crippen LogP contribution >= 0.6 is 0 Å². The fraction of sp³-hybridized carbons (Fsp3) is 0.0476. The van der Waals surface area contributed by atoms with Crippen LogP contribution in [0.5, 0.6) is 0 Å². The first-order valence-corrected chi connectivity index (χ1v) is 22.7. The maximum atomic E-state index is 2.49. The van der Waals surface area contributed by atoms with Gasteiger partial charge in [0.25, 0.3) is 0 Å². The van der Waals surface area contributed by atoms with E-state index in [1.165, 1.54) is 98.3 Å². The minimum atomic E-state index is -0.302. The molecule has 2 nitrogen and oxygen atoms in total. The summed E-state index contributed by atoms with van der Waals surface area (Å²) in [5.74, 6) is 0. The van der Waals surface area contributed by atoms with Crippen molar-refractivity contribution in [3.8, 4) is 11.1 Å². The zero-order valence-corrected chi connectivity index (χ0v) is 36.3. The standard InChI is InChI=1S/C63H44N2/c1-63(2)58-40-50(65(59-27-13-21-43-17-7-9-23-51(43)59)60-28-14-22-44-18-8-10-24-52(44)60)34-36-56(58)61-54-26-12-11-25-53(54)57-39-49(33-35-55(57)62(61)63)64(47-31-29-41-15-3-5-19-45(41)37-47)48-32-30-42-16-4-6-20-46(42)38-48/h3-40H,1-2H3. The molecule has 12 aromatic rings. The van der Waals surface area contributed by atoms with Gasteiger partial charge >= 0.3 is 0 Å². The zero-order chi connectivity index (χ0) is 43.2. The van der Waals surface area contributed by atoms with Crippen LogP contribution in [0.2, 0.25) is 0 Å². The molecule has 0 N–H and O–H groups in total. The summed E-state index contributed by atoms with van der Waals surface area (Å²) in [6.07, 6.45) is 0. The molecule has 0 radical (unpaired) electrons. The van der Waals surface area contributed by atoms with Crippen molar-refractivity contribution in [2.24, 2.45) is 0 Å². The van der Waals surface area contributed by atoms with E-state index in [0.717, 1.165) is 22.7 Å². The molecule has 65 heavy (non-hydrogen) atoms. The summed E-state index contributed by atoms with van der Waals surface area (Å²) in [7, 11) is 0. The zero-order valence-electron chi connectivity index (χ0n) is 36.3. The van der Waals surface area contributed by atoms with E-state index in [1.807, 2.05) is 0 Å². The van der Waals surface area contributed by atoms with Crippen LogP contribution in [0.4, 0.5) is 34.1 Å². The predicted molar refractivity (Wildman–Crippen MR) is 278 cm³/mol. The van der Waals surface area contributed by atoms with Gasteiger partial charge in [-0.15, -0.1) is 0 Å². The number of rotatable bonds is 6. The first-order valence-electron chi connectivity index (χ1n) is 22.7. The van der Waals surface area contributed by atoms with Crippen LogP contribution in [0, 0.1) is 0 Å². The highest BCUT2D eigenvalue weighted by Crippen LogP contribution is 2.57. The number of hydrogen-bond acceptors (Lipinski definition) is 2. The van der Waals surface area contributed by atoms with Crippen molar-refractivity contribution in [3.63, 3.8) is 0 Å². The first kappa shape index (κ1) is 37.4. The highest BCUT2D eigenvalue weighted by molar-refractivity contribution is 6.19. The molecule has 0 amide bonds. The van der Waals surface area contributed by atoms with Gasteiger partial charge in [-0.1, -0.05) is 184 Å². The maximum Gasteiger partial charge on any atom is 0.0540 e. The molecule has 0 saturated heterocycles. The number of fused-ring (bicyclic) bond motifs is 12. The maximum absolute atomic E-state index is 2.49. The van der Waals surface area contributed by atoms with Crippen molar-refractivity contribution in [2.75, 3.05) is 9.80 Å². The molecule has 2 heteroatoms. The van der Waals surface area contributed by atoms with Crippen LogP contribution in [0.3, 0.4) is 0 Å². The van der Waals surface area contributed by atoms with Crippen LogP contribution in [-0.4, -0.2) is 0 Å². The van der Waals surface area contributed by atoms with Crippen molar-refractivity contribution >= 4 is 98.8 Å². The third-order valence-electron chi connectivity index (χ3n) is 14.1. The molecule has 0 unspecified atom stereocenters. The van der Waals surface area contributed by atoms with Gasteiger partial charge in [0.2, 0.25) is 0 Å². The fourth-order valence-electron chi connectivity index (χ4n) is 11.1. The lowest BCUT2D eigenvalue weighted by Gasteiger charge is -2.30. The lowest BCUT2D eigenvalue weighted by Crippen LogP contribution is -2.17. The van der Waals surface area contributed by atoms with Crippen molar-refractivity contribution in [2.45, 2.75) is 19.3 Å². The SMILES string of the molecule is CC1(C)c2cc(N(c3cccc4ccccc34)c3cccc4ccccc34)ccc2-c2c1c1ccc(N(c3ccc4ccccc4c3)c3ccc4ccccc4c3)cc1c1ccccc21. The topological polar surface area (TPSA) is 6.48 Å². The third-order valence-corrected chi connectivity index (χ3v) is 14.1. The third kappa shape index (κ3) is 5.81. The minimum absolute atomic E-state index is 0.302. The molecular formula is C63H44N2. The minimum Gasteiger partial charge on any atom is -0.310 e. The molecule has 306 valence electrons. The van der Waals surface area contributed by atoms with Gasteiger partial charge in [-0.05, 0) is 137 Å². The molecule has 0 saturated carbocycles. The van der Waals surface area contributed by atoms with Crippen LogP contribution in [0.15, 0.2) is 231 Å². The molecule has 1 aliphatic carbocycles. The number of hydrogen-bond donors (Lipinski definition) is 0. The fourth-order valence-corrected chi connectivity index (χ4v) is 11.1. The molecular weight excluding hydrogens is 785 g/mol. The van der Waals surface area contributed by atoms with E-state index in [2.05, 4.69) is 254 Å². The van der Waals surface area contributed by atoms with Crippen molar-refractivity contribution in [1.29, 1.82) is 0 Å². The summed E-state index contributed by atoms with van der Waals surface area (Å²) in [5, 5.41) is 14.9. The van der Waals surface area contributed by atoms with Gasteiger partial charge in [0.15, 0.2) is 0 Å². The smallest absolute Gasteiger partial charge is 0.0540 e. The van der Waals surface area contributed by atoms with Gasteiger partial charge < -0.3 is 9.80 Å². The van der Waals surface area contributed by atoms with Gasteiger partial charge in [0, 0.05) is 38.9 Å². The summed E-state index contributed by atoms with van der Waals surface area (Å²) in [6, 6.07) is 85.3. The Bertz CT molecular complexity index is 3730. The second kappa shape index (κ2) is 14.4. The molecule has 0 aliphatic heterocycles. The van der Waals surface area contributed by atoms with E-state index in [9.17, 15) is 0 Å². The second-order valence-electron chi connectivity index (χ2n) is 18.1. The summed E-state index contributed by atoms with van der Waals surface area (Å²) < 4.78 is 0. The largest absolute Gasteiger partial charge is 0.310 e. The summed E-state index contributed by atoms with van der Waals surface area (Å²) in [4.78, 5) is 4.92. The van der Waals surface area contributed by atoms with Crippen LogP contribution in [0.25, 0.3) is 75.8 Å². The van der Waals surface area contributed by atoms with Crippen molar-refractivity contribution in [1.82, 2.24) is 0 Å². The van der Waals surface area contributed by atoms with E-state index in [-0.39, 0.29) is 5.41 Å². The van der Waals surface area contributed by atoms with E-state index < -0.39 is 0 Å². The predicted octanol–water partition coefficient (Wildman–Crippen LogP) is 17.9. The van der Waals surface area contributed by atoms with Crippen molar-refractivity contribution < 1.29 is 0 Å². The van der Waals surface area contributed by atoms with Gasteiger partial charge in [-0.25, -0.2) is 0 Å². The second-order valence-corrected chi connectivity index (χ2v) is 18.1. The van der Waals surface area contributed by atoms with E-state index in [1.54, 1.807) is 0 Å². The van der Waals surface area contributed by atoms with Gasteiger partial charge in [-0.2, -0.15) is 0 Å². The van der Waals surface area contributed by atoms with Crippen LogP contribution < -0.4 is 9.80 Å². The molecule has 0 atom stereocenters. The molecule has 1 aliphatic rings. The molecule has 0 bridgehead atoms. The summed E-state index contributed by atoms with van der Waals surface area (Å²) in [6.45, 7) is 4.86. The molecule has 12 aromatic carbocycles. The molecule has 13 rings (SSSR count). The monoisotopic (exact) mass is 828 g/mol. The number of nitrogens with zero attached hydrogens (tertiary/aromatic N) is 2. The molecule has 0 spiro atoms.